The van der Waals surface area contributed by atoms with E-state index in [1.54, 1.807) is 0 Å². The molecule has 0 bridgehead atoms. The first-order chi connectivity index (χ1) is 9.63. The van der Waals surface area contributed by atoms with Crippen LogP contribution >= 0.6 is 23.1 Å². The van der Waals surface area contributed by atoms with Crippen molar-refractivity contribution in [3.8, 4) is 11.5 Å². The van der Waals surface area contributed by atoms with Crippen molar-refractivity contribution in [2.45, 2.75) is 13.3 Å². The van der Waals surface area contributed by atoms with E-state index in [0.29, 0.717) is 28.2 Å². The number of nitrogens with zero attached hydrogens (tertiary/aromatic N) is 3. The van der Waals surface area contributed by atoms with Gasteiger partial charge in [-0.25, -0.2) is 0 Å². The van der Waals surface area contributed by atoms with E-state index in [-0.39, 0.29) is 0 Å². The Balaban J connectivity index is 1.85. The van der Waals surface area contributed by atoms with Crippen LogP contribution in [0, 0.1) is 6.92 Å². The van der Waals surface area contributed by atoms with Crippen LogP contribution in [0.2, 0.25) is 5.02 Å². The number of hydrogen-bond donors (Lipinski definition) is 1. The fourth-order valence-corrected chi connectivity index (χ4v) is 2.64. The summed E-state index contributed by atoms with van der Waals surface area (Å²) in [4.78, 5) is 4.37. The normalized spacial score (nSPS) is 10.9. The summed E-state index contributed by atoms with van der Waals surface area (Å²) in [6.07, 6.45) is 0.581. The minimum absolute atomic E-state index is 0.415. The van der Waals surface area contributed by atoms with Crippen LogP contribution in [0.4, 0.5) is 5.00 Å². The predicted molar refractivity (Wildman–Crippen MR) is 78.8 cm³/mol. The molecule has 0 aliphatic rings. The first-order valence-corrected chi connectivity index (χ1v) is 7.08. The molecule has 0 aliphatic carbocycles. The lowest BCUT2D eigenvalue weighted by molar-refractivity contribution is 0.424. The summed E-state index contributed by atoms with van der Waals surface area (Å²) in [7, 11) is 0. The number of hydrogen-bond acceptors (Lipinski definition) is 6. The topological polar surface area (TPSA) is 77.8 Å². The second-order valence-corrected chi connectivity index (χ2v) is 5.57. The summed E-state index contributed by atoms with van der Waals surface area (Å²) < 4.78 is 9.44. The lowest BCUT2D eigenvalue weighted by Crippen LogP contribution is -1.91. The first-order valence-electron chi connectivity index (χ1n) is 5.92. The van der Waals surface area contributed by atoms with Gasteiger partial charge in [0.15, 0.2) is 5.82 Å². The van der Waals surface area contributed by atoms with E-state index >= 15 is 0 Å². The molecule has 0 saturated carbocycles. The summed E-state index contributed by atoms with van der Waals surface area (Å²) in [6.45, 7) is 1.87. The van der Waals surface area contributed by atoms with Crippen LogP contribution < -0.4 is 5.73 Å². The monoisotopic (exact) mass is 306 g/mol. The molecule has 102 valence electrons. The van der Waals surface area contributed by atoms with Crippen molar-refractivity contribution in [3.05, 3.63) is 46.4 Å². The Morgan fingerprint density at radius 1 is 1.30 bits per heavy atom. The van der Waals surface area contributed by atoms with E-state index in [1.165, 1.54) is 11.5 Å². The van der Waals surface area contributed by atoms with Crippen molar-refractivity contribution in [3.63, 3.8) is 0 Å². The molecule has 0 saturated heterocycles. The van der Waals surface area contributed by atoms with Crippen LogP contribution in [0.3, 0.4) is 0 Å². The van der Waals surface area contributed by atoms with Crippen LogP contribution in [0.25, 0.3) is 11.5 Å². The second kappa shape index (κ2) is 5.22. The molecular formula is C13H11ClN4OS. The van der Waals surface area contributed by atoms with E-state index in [0.717, 1.165) is 16.8 Å². The van der Waals surface area contributed by atoms with Crippen molar-refractivity contribution in [1.29, 1.82) is 0 Å². The number of nitrogens with two attached hydrogens (primary N) is 1. The summed E-state index contributed by atoms with van der Waals surface area (Å²) >= 11 is 7.08. The number of benzene rings is 1. The van der Waals surface area contributed by atoms with Crippen molar-refractivity contribution in [2.75, 3.05) is 5.73 Å². The maximum Gasteiger partial charge on any atom is 0.262 e. The molecule has 3 rings (SSSR count). The Hall–Kier alpha value is -1.92. The molecule has 2 heterocycles. The van der Waals surface area contributed by atoms with Gasteiger partial charge in [-0.2, -0.15) is 9.36 Å². The van der Waals surface area contributed by atoms with Gasteiger partial charge in [0.2, 0.25) is 0 Å². The maximum absolute atomic E-state index is 5.87. The fourth-order valence-electron chi connectivity index (χ4n) is 1.86. The van der Waals surface area contributed by atoms with Gasteiger partial charge in [-0.3, -0.25) is 0 Å². The third-order valence-corrected chi connectivity index (χ3v) is 3.86. The van der Waals surface area contributed by atoms with E-state index < -0.39 is 0 Å². The molecule has 0 fully saturated rings. The van der Waals surface area contributed by atoms with E-state index in [9.17, 15) is 0 Å². The van der Waals surface area contributed by atoms with E-state index in [1.807, 2.05) is 31.2 Å². The van der Waals surface area contributed by atoms with Gasteiger partial charge in [-0.1, -0.05) is 28.9 Å². The standard InChI is InChI=1S/C13H11ClN4OS/c1-7-11(12(15)20-18-7)13-16-10(17-19-13)6-8-2-4-9(14)5-3-8/h2-5H,6,15H2,1H3. The average Bonchev–Trinajstić information content (AvgIpc) is 3.00. The Labute approximate surface area is 124 Å². The van der Waals surface area contributed by atoms with Gasteiger partial charge in [0.05, 0.1) is 11.3 Å². The number of nitrogen functional groups attached to an aromatic ring is 1. The zero-order chi connectivity index (χ0) is 14.1. The number of anilines is 1. The fraction of sp³-hybridized carbons (Fsp3) is 0.154. The molecule has 3 aromatic rings. The molecule has 7 heteroatoms. The molecule has 0 amide bonds. The Kier molecular flexibility index (Phi) is 3.42. The largest absolute Gasteiger partial charge is 0.389 e. The molecule has 0 radical (unpaired) electrons. The molecule has 0 atom stereocenters. The highest BCUT2D eigenvalue weighted by Gasteiger charge is 2.17. The van der Waals surface area contributed by atoms with Crippen molar-refractivity contribution >= 4 is 28.1 Å². The summed E-state index contributed by atoms with van der Waals surface area (Å²) in [5.41, 5.74) is 8.46. The van der Waals surface area contributed by atoms with Crippen molar-refractivity contribution in [1.82, 2.24) is 14.5 Å². The van der Waals surface area contributed by atoms with E-state index in [2.05, 4.69) is 14.5 Å². The molecule has 0 spiro atoms. The zero-order valence-corrected chi connectivity index (χ0v) is 12.2. The number of rotatable bonds is 3. The summed E-state index contributed by atoms with van der Waals surface area (Å²) in [5.74, 6) is 1.02. The Bertz CT molecular complexity index is 716. The van der Waals surface area contributed by atoms with Gasteiger partial charge >= 0.3 is 0 Å². The molecular weight excluding hydrogens is 296 g/mol. The predicted octanol–water partition coefficient (Wildman–Crippen LogP) is 3.33. The van der Waals surface area contributed by atoms with Gasteiger partial charge in [0, 0.05) is 11.4 Å². The molecule has 20 heavy (non-hydrogen) atoms. The molecule has 0 unspecified atom stereocenters. The molecule has 5 nitrogen and oxygen atoms in total. The second-order valence-electron chi connectivity index (χ2n) is 4.33. The summed E-state index contributed by atoms with van der Waals surface area (Å²) in [5, 5.41) is 5.27. The number of aryl methyl sites for hydroxylation is 1. The van der Waals surface area contributed by atoms with Crippen LogP contribution in [0.1, 0.15) is 17.1 Å². The highest BCUT2D eigenvalue weighted by Crippen LogP contribution is 2.31. The van der Waals surface area contributed by atoms with Crippen molar-refractivity contribution < 1.29 is 4.52 Å². The lowest BCUT2D eigenvalue weighted by atomic mass is 10.1. The average molecular weight is 307 g/mol. The highest BCUT2D eigenvalue weighted by molar-refractivity contribution is 7.10. The van der Waals surface area contributed by atoms with Crippen LogP contribution in [0.15, 0.2) is 28.8 Å². The SMILES string of the molecule is Cc1nsc(N)c1-c1nc(Cc2ccc(Cl)cc2)no1. The van der Waals surface area contributed by atoms with Gasteiger partial charge in [-0.05, 0) is 36.2 Å². The van der Waals surface area contributed by atoms with E-state index in [4.69, 9.17) is 21.9 Å². The maximum atomic E-state index is 5.87. The third kappa shape index (κ3) is 2.52. The number of aromatic nitrogens is 3. The minimum Gasteiger partial charge on any atom is -0.389 e. The molecule has 2 N–H and O–H groups in total. The third-order valence-electron chi connectivity index (χ3n) is 2.85. The smallest absolute Gasteiger partial charge is 0.262 e. The number of halogens is 1. The Morgan fingerprint density at radius 3 is 2.70 bits per heavy atom. The van der Waals surface area contributed by atoms with Crippen LogP contribution in [0.5, 0.6) is 0 Å². The molecule has 1 aromatic carbocycles. The van der Waals surface area contributed by atoms with Crippen molar-refractivity contribution in [2.24, 2.45) is 0 Å². The molecule has 2 aromatic heterocycles. The zero-order valence-electron chi connectivity index (χ0n) is 10.6. The first kappa shape index (κ1) is 13.1. The van der Waals surface area contributed by atoms with Gasteiger partial charge in [-0.15, -0.1) is 0 Å². The Morgan fingerprint density at radius 2 is 2.05 bits per heavy atom. The van der Waals surface area contributed by atoms with Crippen LogP contribution in [-0.4, -0.2) is 14.5 Å². The lowest BCUT2D eigenvalue weighted by Gasteiger charge is -1.96. The molecule has 0 aliphatic heterocycles. The van der Waals surface area contributed by atoms with Gasteiger partial charge < -0.3 is 10.3 Å². The van der Waals surface area contributed by atoms with Crippen LogP contribution in [-0.2, 0) is 6.42 Å². The van der Waals surface area contributed by atoms with Gasteiger partial charge in [0.25, 0.3) is 5.89 Å². The quantitative estimate of drug-likeness (QED) is 0.803. The summed E-state index contributed by atoms with van der Waals surface area (Å²) in [6, 6.07) is 7.54. The minimum atomic E-state index is 0.415. The van der Waals surface area contributed by atoms with Gasteiger partial charge in [0.1, 0.15) is 5.00 Å². The highest BCUT2D eigenvalue weighted by atomic mass is 35.5.